The van der Waals surface area contributed by atoms with Crippen molar-refractivity contribution in [3.05, 3.63) is 23.8 Å². The monoisotopic (exact) mass is 229 g/mol. The normalized spacial score (nSPS) is 10.8. The molecule has 0 aliphatic rings. The summed E-state index contributed by atoms with van der Waals surface area (Å²) in [4.78, 5) is 3.91. The van der Waals surface area contributed by atoms with E-state index in [1.165, 1.54) is 12.3 Å². The van der Waals surface area contributed by atoms with Crippen molar-refractivity contribution in [1.29, 1.82) is 0 Å². The summed E-state index contributed by atoms with van der Waals surface area (Å²) in [5.41, 5.74) is 2.14. The molecule has 0 unspecified atom stereocenters. The van der Waals surface area contributed by atoms with Crippen LogP contribution < -0.4 is 0 Å². The Kier molecular flexibility index (Phi) is 1.80. The summed E-state index contributed by atoms with van der Waals surface area (Å²) in [6, 6.07) is 1.38. The predicted octanol–water partition coefficient (Wildman–Crippen LogP) is 1.99. The van der Waals surface area contributed by atoms with Gasteiger partial charge in [-0.1, -0.05) is 15.9 Å². The molecule has 0 aliphatic heterocycles. The van der Waals surface area contributed by atoms with Crippen LogP contribution in [0, 0.1) is 5.82 Å². The number of rotatable bonds is 1. The summed E-state index contributed by atoms with van der Waals surface area (Å²) < 4.78 is 12.6. The van der Waals surface area contributed by atoms with Gasteiger partial charge in [-0.05, 0) is 0 Å². The predicted molar refractivity (Wildman–Crippen MR) is 46.5 cm³/mol. The summed E-state index contributed by atoms with van der Waals surface area (Å²) in [5.74, 6) is -0.354. The number of aromatic amines is 1. The van der Waals surface area contributed by atoms with Crippen molar-refractivity contribution in [1.82, 2.24) is 15.2 Å². The van der Waals surface area contributed by atoms with E-state index in [-0.39, 0.29) is 5.82 Å². The third-order valence-electron chi connectivity index (χ3n) is 1.57. The lowest BCUT2D eigenvalue weighted by Gasteiger charge is -1.89. The number of aromatic nitrogens is 3. The van der Waals surface area contributed by atoms with Crippen molar-refractivity contribution in [2.45, 2.75) is 5.33 Å². The smallest absolute Gasteiger partial charge is 0.143 e. The summed E-state index contributed by atoms with van der Waals surface area (Å²) in [7, 11) is 0. The quantitative estimate of drug-likeness (QED) is 0.761. The summed E-state index contributed by atoms with van der Waals surface area (Å²) >= 11 is 3.26. The van der Waals surface area contributed by atoms with Crippen LogP contribution >= 0.6 is 15.9 Å². The Morgan fingerprint density at radius 1 is 1.58 bits per heavy atom. The van der Waals surface area contributed by atoms with E-state index in [1.54, 1.807) is 0 Å². The van der Waals surface area contributed by atoms with Gasteiger partial charge in [-0.3, -0.25) is 5.10 Å². The lowest BCUT2D eigenvalue weighted by Crippen LogP contribution is -1.81. The number of nitrogens with one attached hydrogen (secondary N) is 1. The SMILES string of the molecule is Fc1cnc2c(CBr)n[nH]c2c1. The van der Waals surface area contributed by atoms with Crippen LogP contribution in [-0.2, 0) is 5.33 Å². The molecule has 0 saturated carbocycles. The first-order chi connectivity index (χ1) is 5.81. The van der Waals surface area contributed by atoms with Crippen molar-refractivity contribution in [3.8, 4) is 0 Å². The fourth-order valence-electron chi connectivity index (χ4n) is 1.03. The maximum absolute atomic E-state index is 12.6. The molecule has 0 aliphatic carbocycles. The fourth-order valence-corrected chi connectivity index (χ4v) is 1.42. The van der Waals surface area contributed by atoms with Crippen LogP contribution in [0.25, 0.3) is 11.0 Å². The van der Waals surface area contributed by atoms with E-state index >= 15 is 0 Å². The zero-order valence-corrected chi connectivity index (χ0v) is 7.60. The molecule has 62 valence electrons. The van der Waals surface area contributed by atoms with E-state index in [0.29, 0.717) is 16.4 Å². The van der Waals surface area contributed by atoms with Gasteiger partial charge in [-0.2, -0.15) is 5.10 Å². The van der Waals surface area contributed by atoms with Gasteiger partial charge >= 0.3 is 0 Å². The average molecular weight is 230 g/mol. The van der Waals surface area contributed by atoms with E-state index in [2.05, 4.69) is 31.1 Å². The first kappa shape index (κ1) is 7.67. The summed E-state index contributed by atoms with van der Waals surface area (Å²) in [6.45, 7) is 0. The van der Waals surface area contributed by atoms with Crippen LogP contribution in [0.4, 0.5) is 4.39 Å². The molecule has 0 aromatic carbocycles. The number of hydrogen-bond donors (Lipinski definition) is 1. The van der Waals surface area contributed by atoms with E-state index in [0.717, 1.165) is 5.69 Å². The number of fused-ring (bicyclic) bond motifs is 1. The van der Waals surface area contributed by atoms with Gasteiger partial charge in [0.1, 0.15) is 11.3 Å². The first-order valence-corrected chi connectivity index (χ1v) is 4.48. The molecule has 2 rings (SSSR count). The fraction of sp³-hybridized carbons (Fsp3) is 0.143. The molecular formula is C7H5BrFN3. The van der Waals surface area contributed by atoms with E-state index in [9.17, 15) is 4.39 Å². The minimum absolute atomic E-state index is 0.354. The molecule has 2 aromatic rings. The van der Waals surface area contributed by atoms with Gasteiger partial charge in [-0.15, -0.1) is 0 Å². The number of halogens is 2. The Balaban J connectivity index is 2.73. The van der Waals surface area contributed by atoms with Gasteiger partial charge in [0.2, 0.25) is 0 Å². The highest BCUT2D eigenvalue weighted by Crippen LogP contribution is 2.15. The second-order valence-electron chi connectivity index (χ2n) is 2.35. The number of alkyl halides is 1. The van der Waals surface area contributed by atoms with Crippen molar-refractivity contribution >= 4 is 27.0 Å². The van der Waals surface area contributed by atoms with Crippen LogP contribution in [0.5, 0.6) is 0 Å². The minimum atomic E-state index is -0.354. The standard InChI is InChI=1S/C7H5BrFN3/c8-2-6-7-5(11-12-6)1-4(9)3-10-7/h1,3H,2H2,(H,11,12). The van der Waals surface area contributed by atoms with Gasteiger partial charge < -0.3 is 0 Å². The topological polar surface area (TPSA) is 41.6 Å². The third kappa shape index (κ3) is 1.10. The second kappa shape index (κ2) is 2.82. The number of pyridine rings is 1. The van der Waals surface area contributed by atoms with Crippen LogP contribution in [0.2, 0.25) is 0 Å². The van der Waals surface area contributed by atoms with Gasteiger partial charge in [0.25, 0.3) is 0 Å². The van der Waals surface area contributed by atoms with Crippen molar-refractivity contribution in [3.63, 3.8) is 0 Å². The van der Waals surface area contributed by atoms with Gasteiger partial charge in [0, 0.05) is 11.4 Å². The molecule has 0 radical (unpaired) electrons. The van der Waals surface area contributed by atoms with Gasteiger partial charge in [0.05, 0.1) is 17.4 Å². The Labute approximate surface area is 76.1 Å². The van der Waals surface area contributed by atoms with Crippen LogP contribution in [-0.4, -0.2) is 15.2 Å². The highest BCUT2D eigenvalue weighted by Gasteiger charge is 2.05. The molecule has 3 nitrogen and oxygen atoms in total. The highest BCUT2D eigenvalue weighted by atomic mass is 79.9. The van der Waals surface area contributed by atoms with Crippen LogP contribution in [0.3, 0.4) is 0 Å². The van der Waals surface area contributed by atoms with Crippen LogP contribution in [0.1, 0.15) is 5.69 Å². The molecule has 0 atom stereocenters. The second-order valence-corrected chi connectivity index (χ2v) is 2.91. The molecule has 5 heteroatoms. The first-order valence-electron chi connectivity index (χ1n) is 3.35. The minimum Gasteiger partial charge on any atom is -0.276 e. The maximum atomic E-state index is 12.6. The number of H-pyrrole nitrogens is 1. The van der Waals surface area contributed by atoms with E-state index < -0.39 is 0 Å². The van der Waals surface area contributed by atoms with E-state index in [4.69, 9.17) is 0 Å². The molecular weight excluding hydrogens is 225 g/mol. The summed E-state index contributed by atoms with van der Waals surface area (Å²) in [6.07, 6.45) is 1.18. The molecule has 0 fully saturated rings. The molecule has 2 heterocycles. The zero-order chi connectivity index (χ0) is 8.55. The molecule has 0 saturated heterocycles. The molecule has 1 N–H and O–H groups in total. The molecule has 12 heavy (non-hydrogen) atoms. The van der Waals surface area contributed by atoms with Crippen molar-refractivity contribution < 1.29 is 4.39 Å². The zero-order valence-electron chi connectivity index (χ0n) is 6.01. The van der Waals surface area contributed by atoms with Crippen molar-refractivity contribution in [2.24, 2.45) is 0 Å². The van der Waals surface area contributed by atoms with E-state index in [1.807, 2.05) is 0 Å². The lowest BCUT2D eigenvalue weighted by molar-refractivity contribution is 0.624. The molecule has 0 bridgehead atoms. The Bertz CT molecular complexity index is 412. The Hall–Kier alpha value is -0.970. The highest BCUT2D eigenvalue weighted by molar-refractivity contribution is 9.08. The van der Waals surface area contributed by atoms with Gasteiger partial charge in [-0.25, -0.2) is 9.37 Å². The van der Waals surface area contributed by atoms with Crippen LogP contribution in [0.15, 0.2) is 12.3 Å². The molecule has 0 amide bonds. The number of nitrogens with zero attached hydrogens (tertiary/aromatic N) is 2. The summed E-state index contributed by atoms with van der Waals surface area (Å²) in [5, 5.41) is 7.27. The van der Waals surface area contributed by atoms with Gasteiger partial charge in [0.15, 0.2) is 0 Å². The largest absolute Gasteiger partial charge is 0.276 e. The lowest BCUT2D eigenvalue weighted by atomic mass is 10.3. The van der Waals surface area contributed by atoms with Crippen molar-refractivity contribution in [2.75, 3.05) is 0 Å². The average Bonchev–Trinajstić information content (AvgIpc) is 2.46. The molecule has 2 aromatic heterocycles. The third-order valence-corrected chi connectivity index (χ3v) is 2.10. The molecule has 0 spiro atoms. The Morgan fingerprint density at radius 3 is 3.17 bits per heavy atom. The Morgan fingerprint density at radius 2 is 2.42 bits per heavy atom. The maximum Gasteiger partial charge on any atom is 0.143 e. The number of hydrogen-bond acceptors (Lipinski definition) is 2.